The predicted octanol–water partition coefficient (Wildman–Crippen LogP) is -0.420. The van der Waals surface area contributed by atoms with Crippen LogP contribution in [0.3, 0.4) is 0 Å². The van der Waals surface area contributed by atoms with Gasteiger partial charge in [-0.05, 0) is 12.1 Å². The molecule has 0 aliphatic carbocycles. The third-order valence-electron chi connectivity index (χ3n) is 2.77. The van der Waals surface area contributed by atoms with Crippen molar-refractivity contribution < 1.29 is 17.9 Å². The molecule has 1 aliphatic heterocycles. The van der Waals surface area contributed by atoms with Crippen molar-refractivity contribution in [2.75, 3.05) is 26.3 Å². The molecule has 8 heteroatoms. The van der Waals surface area contributed by atoms with Crippen LogP contribution in [0.5, 0.6) is 0 Å². The van der Waals surface area contributed by atoms with Gasteiger partial charge in [0.1, 0.15) is 0 Å². The Bertz CT molecular complexity index is 540. The van der Waals surface area contributed by atoms with Crippen molar-refractivity contribution in [3.05, 3.63) is 35.9 Å². The van der Waals surface area contributed by atoms with E-state index in [9.17, 15) is 13.2 Å². The van der Waals surface area contributed by atoms with Crippen LogP contribution in [0, 0.1) is 0 Å². The summed E-state index contributed by atoms with van der Waals surface area (Å²) in [5, 5.41) is 0. The molecule has 1 heterocycles. The number of hydrazine groups is 1. The number of nitrogens with two attached hydrogens (primary N) is 1. The Kier molecular flexibility index (Phi) is 4.15. The normalized spacial score (nSPS) is 17.1. The van der Waals surface area contributed by atoms with E-state index < -0.39 is 16.1 Å². The van der Waals surface area contributed by atoms with Gasteiger partial charge in [0.25, 0.3) is 5.91 Å². The number of morpholine rings is 1. The Morgan fingerprint density at radius 2 is 1.79 bits per heavy atom. The van der Waals surface area contributed by atoms with Gasteiger partial charge in [-0.2, -0.15) is 17.1 Å². The van der Waals surface area contributed by atoms with Crippen molar-refractivity contribution in [3.8, 4) is 0 Å². The van der Waals surface area contributed by atoms with Crippen molar-refractivity contribution in [2.24, 2.45) is 5.84 Å². The molecule has 0 bridgehead atoms. The maximum atomic E-state index is 12.2. The third kappa shape index (κ3) is 2.92. The molecule has 0 spiro atoms. The van der Waals surface area contributed by atoms with Gasteiger partial charge in [0.2, 0.25) is 0 Å². The molecule has 1 aliphatic rings. The molecule has 7 nitrogen and oxygen atoms in total. The van der Waals surface area contributed by atoms with Gasteiger partial charge >= 0.3 is 10.2 Å². The summed E-state index contributed by atoms with van der Waals surface area (Å²) in [5.74, 6) is 4.71. The van der Waals surface area contributed by atoms with E-state index in [2.05, 4.69) is 0 Å². The molecule has 104 valence electrons. The summed E-state index contributed by atoms with van der Waals surface area (Å²) < 4.78 is 30.8. The SMILES string of the molecule is NN(C(=O)c1ccccc1)S(=O)(=O)N1CCOCC1. The van der Waals surface area contributed by atoms with Crippen molar-refractivity contribution >= 4 is 16.1 Å². The Morgan fingerprint density at radius 3 is 2.37 bits per heavy atom. The van der Waals surface area contributed by atoms with Crippen molar-refractivity contribution in [2.45, 2.75) is 0 Å². The Balaban J connectivity index is 2.18. The highest BCUT2D eigenvalue weighted by Gasteiger charge is 2.32. The molecule has 0 atom stereocenters. The lowest BCUT2D eigenvalue weighted by Gasteiger charge is -2.29. The fourth-order valence-electron chi connectivity index (χ4n) is 1.71. The highest BCUT2D eigenvalue weighted by molar-refractivity contribution is 7.87. The average Bonchev–Trinajstić information content (AvgIpc) is 2.47. The molecule has 2 N–H and O–H groups in total. The minimum absolute atomic E-state index is 0.193. The number of nitrogens with zero attached hydrogens (tertiary/aromatic N) is 2. The van der Waals surface area contributed by atoms with E-state index in [-0.39, 0.29) is 23.1 Å². The molecule has 19 heavy (non-hydrogen) atoms. The van der Waals surface area contributed by atoms with Gasteiger partial charge in [0.15, 0.2) is 0 Å². The Hall–Kier alpha value is -1.48. The molecule has 1 aromatic carbocycles. The summed E-state index contributed by atoms with van der Waals surface area (Å²) >= 11 is 0. The largest absolute Gasteiger partial charge is 0.379 e. The molecule has 0 saturated carbocycles. The molecule has 0 aromatic heterocycles. The Morgan fingerprint density at radius 1 is 1.21 bits per heavy atom. The number of benzene rings is 1. The quantitative estimate of drug-likeness (QED) is 0.462. The summed E-state index contributed by atoms with van der Waals surface area (Å²) in [5.41, 5.74) is 0.224. The van der Waals surface area contributed by atoms with Gasteiger partial charge in [-0.3, -0.25) is 4.79 Å². The third-order valence-corrected chi connectivity index (χ3v) is 4.45. The van der Waals surface area contributed by atoms with Crippen LogP contribution in [0.2, 0.25) is 0 Å². The highest BCUT2D eigenvalue weighted by Crippen LogP contribution is 2.11. The summed E-state index contributed by atoms with van der Waals surface area (Å²) in [6.07, 6.45) is 0. The van der Waals surface area contributed by atoms with E-state index in [0.717, 1.165) is 4.31 Å². The fourth-order valence-corrected chi connectivity index (χ4v) is 2.89. The lowest BCUT2D eigenvalue weighted by Crippen LogP contribution is -2.53. The van der Waals surface area contributed by atoms with Crippen LogP contribution in [-0.2, 0) is 14.9 Å². The summed E-state index contributed by atoms with van der Waals surface area (Å²) in [6, 6.07) is 8.03. The second kappa shape index (κ2) is 5.66. The molecule has 2 rings (SSSR count). The zero-order valence-corrected chi connectivity index (χ0v) is 11.0. The van der Waals surface area contributed by atoms with Gasteiger partial charge < -0.3 is 4.74 Å². The summed E-state index contributed by atoms with van der Waals surface area (Å²) in [6.45, 7) is 0.982. The lowest BCUT2D eigenvalue weighted by atomic mass is 10.2. The van der Waals surface area contributed by atoms with E-state index >= 15 is 0 Å². The second-order valence-electron chi connectivity index (χ2n) is 3.99. The van der Waals surface area contributed by atoms with Crippen LogP contribution in [0.15, 0.2) is 30.3 Å². The topological polar surface area (TPSA) is 92.9 Å². The first kappa shape index (κ1) is 13.9. The number of carbonyl (C=O) groups is 1. The van der Waals surface area contributed by atoms with Crippen molar-refractivity contribution in [1.29, 1.82) is 0 Å². The minimum Gasteiger partial charge on any atom is -0.379 e. The number of ether oxygens (including phenoxy) is 1. The van der Waals surface area contributed by atoms with E-state index in [1.54, 1.807) is 18.2 Å². The van der Waals surface area contributed by atoms with E-state index in [0.29, 0.717) is 13.2 Å². The van der Waals surface area contributed by atoms with Crippen LogP contribution < -0.4 is 5.84 Å². The predicted molar refractivity (Wildman–Crippen MR) is 68.1 cm³/mol. The van der Waals surface area contributed by atoms with Gasteiger partial charge in [-0.1, -0.05) is 18.2 Å². The number of carbonyl (C=O) groups excluding carboxylic acids is 1. The smallest absolute Gasteiger partial charge is 0.320 e. The molecule has 1 saturated heterocycles. The van der Waals surface area contributed by atoms with E-state index in [1.165, 1.54) is 12.1 Å². The van der Waals surface area contributed by atoms with Crippen LogP contribution >= 0.6 is 0 Å². The first-order valence-electron chi connectivity index (χ1n) is 5.75. The monoisotopic (exact) mass is 285 g/mol. The summed E-state index contributed by atoms with van der Waals surface area (Å²) in [7, 11) is -3.99. The number of amides is 1. The average molecular weight is 285 g/mol. The summed E-state index contributed by atoms with van der Waals surface area (Å²) in [4.78, 5) is 12.0. The number of rotatable bonds is 3. The van der Waals surface area contributed by atoms with Gasteiger partial charge in [-0.15, -0.1) is 0 Å². The molecular formula is C11H15N3O4S. The number of hydrogen-bond donors (Lipinski definition) is 1. The van der Waals surface area contributed by atoms with Gasteiger partial charge in [-0.25, -0.2) is 5.84 Å². The van der Waals surface area contributed by atoms with Crippen molar-refractivity contribution in [3.63, 3.8) is 0 Å². The lowest BCUT2D eigenvalue weighted by molar-refractivity contribution is 0.0672. The number of hydrogen-bond acceptors (Lipinski definition) is 5. The molecule has 0 unspecified atom stereocenters. The molecule has 0 radical (unpaired) electrons. The van der Waals surface area contributed by atoms with Crippen LogP contribution in [0.1, 0.15) is 10.4 Å². The highest BCUT2D eigenvalue weighted by atomic mass is 32.2. The minimum atomic E-state index is -3.99. The van der Waals surface area contributed by atoms with Gasteiger partial charge in [0.05, 0.1) is 13.2 Å². The first-order chi connectivity index (χ1) is 9.03. The van der Waals surface area contributed by atoms with Crippen LogP contribution in [-0.4, -0.2) is 49.3 Å². The molecule has 1 aromatic rings. The van der Waals surface area contributed by atoms with Gasteiger partial charge in [0, 0.05) is 18.7 Å². The molecule has 1 fully saturated rings. The second-order valence-corrected chi connectivity index (χ2v) is 5.79. The van der Waals surface area contributed by atoms with E-state index in [1.807, 2.05) is 0 Å². The standard InChI is InChI=1S/C11H15N3O4S/c12-14(11(15)10-4-2-1-3-5-10)19(16,17)13-6-8-18-9-7-13/h1-5H,6-9,12H2. The fraction of sp³-hybridized carbons (Fsp3) is 0.364. The zero-order valence-electron chi connectivity index (χ0n) is 10.2. The van der Waals surface area contributed by atoms with Crippen molar-refractivity contribution in [1.82, 2.24) is 8.72 Å². The van der Waals surface area contributed by atoms with E-state index in [4.69, 9.17) is 10.6 Å². The first-order valence-corrected chi connectivity index (χ1v) is 7.15. The zero-order chi connectivity index (χ0) is 13.9. The Labute approximate surface area is 111 Å². The molecular weight excluding hydrogens is 270 g/mol. The maximum absolute atomic E-state index is 12.2. The van der Waals surface area contributed by atoms with Crippen LogP contribution in [0.4, 0.5) is 0 Å². The van der Waals surface area contributed by atoms with Crippen LogP contribution in [0.25, 0.3) is 0 Å². The maximum Gasteiger partial charge on any atom is 0.320 e. The molecule has 1 amide bonds.